The van der Waals surface area contributed by atoms with Crippen LogP contribution < -0.4 is 0 Å². The second kappa shape index (κ2) is 5.80. The molecule has 2 aromatic rings. The summed E-state index contributed by atoms with van der Waals surface area (Å²) in [6, 6.07) is 8.03. The Balaban J connectivity index is 1.86. The molecule has 0 spiro atoms. The summed E-state index contributed by atoms with van der Waals surface area (Å²) in [5, 5.41) is 9.16. The lowest BCUT2D eigenvalue weighted by Crippen LogP contribution is -2.10. The molecule has 0 unspecified atom stereocenters. The largest absolute Gasteiger partial charge is 0.329 e. The van der Waals surface area contributed by atoms with Gasteiger partial charge in [-0.15, -0.1) is 0 Å². The fraction of sp³-hybridized carbons (Fsp3) is 0.500. The van der Waals surface area contributed by atoms with E-state index in [4.69, 9.17) is 17.5 Å². The number of aryl methyl sites for hydroxylation is 1. The number of imidazole rings is 1. The van der Waals surface area contributed by atoms with Crippen LogP contribution >= 0.6 is 12.2 Å². The van der Waals surface area contributed by atoms with Gasteiger partial charge in [-0.05, 0) is 36.7 Å². The van der Waals surface area contributed by atoms with Crippen molar-refractivity contribution in [3.05, 3.63) is 28.5 Å². The molecular weight excluding hydrogens is 266 g/mol. The van der Waals surface area contributed by atoms with Gasteiger partial charge in [-0.1, -0.05) is 38.2 Å². The zero-order valence-electron chi connectivity index (χ0n) is 11.6. The van der Waals surface area contributed by atoms with Crippen molar-refractivity contribution < 1.29 is 0 Å². The standard InChI is InChI=1S/C16H19N3S/c17-11-13-7-4-8-14-15(13)18-16(20)19(14)10-9-12-5-2-1-3-6-12/h4,7-8,12H,1-3,5-6,9-10H2,(H,18,20). The summed E-state index contributed by atoms with van der Waals surface area (Å²) in [6.45, 7) is 0.957. The molecule has 1 aliphatic carbocycles. The van der Waals surface area contributed by atoms with Crippen molar-refractivity contribution in [2.24, 2.45) is 5.92 Å². The number of fused-ring (bicyclic) bond motifs is 1. The predicted octanol–water partition coefficient (Wildman–Crippen LogP) is 4.54. The highest BCUT2D eigenvalue weighted by Crippen LogP contribution is 2.27. The van der Waals surface area contributed by atoms with Crippen LogP contribution in [-0.2, 0) is 6.54 Å². The maximum atomic E-state index is 9.16. The molecule has 1 aromatic carbocycles. The van der Waals surface area contributed by atoms with Crippen LogP contribution in [0.4, 0.5) is 0 Å². The molecule has 104 valence electrons. The summed E-state index contributed by atoms with van der Waals surface area (Å²) in [5.41, 5.74) is 2.61. The molecule has 20 heavy (non-hydrogen) atoms. The second-order valence-electron chi connectivity index (χ2n) is 5.69. The van der Waals surface area contributed by atoms with Crippen LogP contribution in [0, 0.1) is 22.0 Å². The second-order valence-corrected chi connectivity index (χ2v) is 6.07. The van der Waals surface area contributed by atoms with E-state index in [0.29, 0.717) is 5.56 Å². The third-order valence-electron chi connectivity index (χ3n) is 4.42. The Kier molecular flexibility index (Phi) is 3.88. The van der Waals surface area contributed by atoms with E-state index in [-0.39, 0.29) is 0 Å². The van der Waals surface area contributed by atoms with Gasteiger partial charge in [-0.25, -0.2) is 0 Å². The summed E-state index contributed by atoms with van der Waals surface area (Å²) < 4.78 is 2.89. The number of nitrogens with zero attached hydrogens (tertiary/aromatic N) is 2. The Hall–Kier alpha value is -1.60. The van der Waals surface area contributed by atoms with Crippen LogP contribution in [-0.4, -0.2) is 9.55 Å². The van der Waals surface area contributed by atoms with Gasteiger partial charge in [-0.3, -0.25) is 0 Å². The zero-order valence-corrected chi connectivity index (χ0v) is 12.4. The van der Waals surface area contributed by atoms with Crippen molar-refractivity contribution >= 4 is 23.3 Å². The van der Waals surface area contributed by atoms with Crippen LogP contribution in [0.5, 0.6) is 0 Å². The molecule has 1 N–H and O–H groups in total. The number of hydrogen-bond acceptors (Lipinski definition) is 2. The Morgan fingerprint density at radius 3 is 2.85 bits per heavy atom. The molecule has 1 fully saturated rings. The molecule has 1 aromatic heterocycles. The fourth-order valence-electron chi connectivity index (χ4n) is 3.28. The van der Waals surface area contributed by atoms with Crippen LogP contribution in [0.3, 0.4) is 0 Å². The van der Waals surface area contributed by atoms with Gasteiger partial charge in [0, 0.05) is 6.54 Å². The Bertz CT molecular complexity index is 699. The van der Waals surface area contributed by atoms with Crippen molar-refractivity contribution in [1.82, 2.24) is 9.55 Å². The molecule has 0 amide bonds. The highest BCUT2D eigenvalue weighted by atomic mass is 32.1. The van der Waals surface area contributed by atoms with Gasteiger partial charge >= 0.3 is 0 Å². The number of para-hydroxylation sites is 1. The summed E-state index contributed by atoms with van der Waals surface area (Å²) >= 11 is 5.43. The van der Waals surface area contributed by atoms with Crippen LogP contribution in [0.2, 0.25) is 0 Å². The van der Waals surface area contributed by atoms with Crippen molar-refractivity contribution in [2.45, 2.75) is 45.1 Å². The van der Waals surface area contributed by atoms with Crippen molar-refractivity contribution in [3.63, 3.8) is 0 Å². The van der Waals surface area contributed by atoms with Gasteiger partial charge in [-0.2, -0.15) is 5.26 Å². The molecule has 0 atom stereocenters. The highest BCUT2D eigenvalue weighted by molar-refractivity contribution is 7.71. The van der Waals surface area contributed by atoms with E-state index >= 15 is 0 Å². The first-order valence-electron chi connectivity index (χ1n) is 7.41. The topological polar surface area (TPSA) is 44.5 Å². The number of benzene rings is 1. The summed E-state index contributed by atoms with van der Waals surface area (Å²) in [4.78, 5) is 3.19. The molecule has 1 saturated carbocycles. The van der Waals surface area contributed by atoms with Crippen molar-refractivity contribution in [3.8, 4) is 6.07 Å². The molecule has 0 aliphatic heterocycles. The Morgan fingerprint density at radius 2 is 2.10 bits per heavy atom. The fourth-order valence-corrected chi connectivity index (χ4v) is 3.57. The third kappa shape index (κ3) is 2.51. The van der Waals surface area contributed by atoms with Crippen LogP contribution in [0.15, 0.2) is 18.2 Å². The number of nitriles is 1. The molecule has 0 saturated heterocycles. The molecule has 1 heterocycles. The number of hydrogen-bond donors (Lipinski definition) is 1. The normalized spacial score (nSPS) is 16.4. The molecule has 0 radical (unpaired) electrons. The monoisotopic (exact) mass is 285 g/mol. The quantitative estimate of drug-likeness (QED) is 0.841. The van der Waals surface area contributed by atoms with Crippen molar-refractivity contribution in [1.29, 1.82) is 5.26 Å². The summed E-state index contributed by atoms with van der Waals surface area (Å²) in [6.07, 6.45) is 8.07. The number of rotatable bonds is 3. The maximum Gasteiger partial charge on any atom is 0.178 e. The first kappa shape index (κ1) is 13.4. The SMILES string of the molecule is N#Cc1cccc2c1[nH]c(=S)n2CCC1CCCCC1. The highest BCUT2D eigenvalue weighted by Gasteiger charge is 2.14. The minimum Gasteiger partial charge on any atom is -0.329 e. The van der Waals surface area contributed by atoms with Gasteiger partial charge < -0.3 is 9.55 Å². The molecule has 4 heteroatoms. The minimum atomic E-state index is 0.671. The number of aromatic nitrogens is 2. The zero-order chi connectivity index (χ0) is 13.9. The van der Waals surface area contributed by atoms with E-state index in [0.717, 1.165) is 28.3 Å². The van der Waals surface area contributed by atoms with E-state index in [1.54, 1.807) is 0 Å². The average molecular weight is 285 g/mol. The van der Waals surface area contributed by atoms with E-state index in [1.165, 1.54) is 38.5 Å². The number of H-pyrrole nitrogens is 1. The molecule has 3 rings (SSSR count). The number of nitrogens with one attached hydrogen (secondary N) is 1. The van der Waals surface area contributed by atoms with Gasteiger partial charge in [0.05, 0.1) is 16.6 Å². The first-order chi connectivity index (χ1) is 9.79. The van der Waals surface area contributed by atoms with Gasteiger partial charge in [0.25, 0.3) is 0 Å². The summed E-state index contributed by atoms with van der Waals surface area (Å²) in [7, 11) is 0. The average Bonchev–Trinajstić information content (AvgIpc) is 2.81. The lowest BCUT2D eigenvalue weighted by atomic mass is 9.87. The number of aromatic amines is 1. The first-order valence-corrected chi connectivity index (χ1v) is 7.82. The molecule has 0 bridgehead atoms. The van der Waals surface area contributed by atoms with Gasteiger partial charge in [0.1, 0.15) is 6.07 Å². The minimum absolute atomic E-state index is 0.671. The molecule has 3 nitrogen and oxygen atoms in total. The molecular formula is C16H19N3S. The Labute approximate surface area is 124 Å². The van der Waals surface area contributed by atoms with E-state index in [1.807, 2.05) is 18.2 Å². The summed E-state index contributed by atoms with van der Waals surface area (Å²) in [5.74, 6) is 0.842. The van der Waals surface area contributed by atoms with Crippen LogP contribution in [0.1, 0.15) is 44.1 Å². The Morgan fingerprint density at radius 1 is 1.30 bits per heavy atom. The maximum absolute atomic E-state index is 9.16. The van der Waals surface area contributed by atoms with Crippen molar-refractivity contribution in [2.75, 3.05) is 0 Å². The van der Waals surface area contributed by atoms with E-state index in [2.05, 4.69) is 15.6 Å². The van der Waals surface area contributed by atoms with Gasteiger partial charge in [0.15, 0.2) is 4.77 Å². The van der Waals surface area contributed by atoms with Crippen LogP contribution in [0.25, 0.3) is 11.0 Å². The lowest BCUT2D eigenvalue weighted by molar-refractivity contribution is 0.325. The smallest absolute Gasteiger partial charge is 0.178 e. The van der Waals surface area contributed by atoms with E-state index in [9.17, 15) is 0 Å². The van der Waals surface area contributed by atoms with Gasteiger partial charge in [0.2, 0.25) is 0 Å². The third-order valence-corrected chi connectivity index (χ3v) is 4.74. The van der Waals surface area contributed by atoms with E-state index < -0.39 is 0 Å². The predicted molar refractivity (Wildman–Crippen MR) is 83.0 cm³/mol. The lowest BCUT2D eigenvalue weighted by Gasteiger charge is -2.21. The molecule has 1 aliphatic rings.